The lowest BCUT2D eigenvalue weighted by Crippen LogP contribution is -2.52. The van der Waals surface area contributed by atoms with Crippen LogP contribution in [0.4, 0.5) is 5.69 Å². The molecule has 0 bridgehead atoms. The number of sulfonamides is 1. The molecule has 9 heteroatoms. The Morgan fingerprint density at radius 1 is 1.09 bits per heavy atom. The minimum atomic E-state index is -3.81. The van der Waals surface area contributed by atoms with E-state index in [1.54, 1.807) is 18.2 Å². The predicted octanol–water partition coefficient (Wildman–Crippen LogP) is 2.87. The van der Waals surface area contributed by atoms with E-state index >= 15 is 0 Å². The molecule has 1 fully saturated rings. The van der Waals surface area contributed by atoms with Crippen molar-refractivity contribution < 1.29 is 18.0 Å². The summed E-state index contributed by atoms with van der Waals surface area (Å²) >= 11 is 1.51. The van der Waals surface area contributed by atoms with Crippen LogP contribution in [0.15, 0.2) is 53.4 Å². The molecule has 1 saturated heterocycles. The van der Waals surface area contributed by atoms with Crippen LogP contribution in [0.5, 0.6) is 0 Å². The maximum absolute atomic E-state index is 13.4. The third-order valence-corrected chi connectivity index (χ3v) is 8.28. The van der Waals surface area contributed by atoms with Gasteiger partial charge in [0.15, 0.2) is 0 Å². The van der Waals surface area contributed by atoms with Gasteiger partial charge in [0.2, 0.25) is 5.91 Å². The van der Waals surface area contributed by atoms with Crippen LogP contribution in [-0.4, -0.2) is 54.9 Å². The van der Waals surface area contributed by atoms with Gasteiger partial charge in [-0.3, -0.25) is 13.9 Å². The molecule has 170 valence electrons. The Kier molecular flexibility index (Phi) is 5.98. The maximum Gasteiger partial charge on any atom is 0.264 e. The summed E-state index contributed by atoms with van der Waals surface area (Å²) in [7, 11) is -3.81. The molecule has 2 heterocycles. The average molecular weight is 474 g/mol. The van der Waals surface area contributed by atoms with Crippen molar-refractivity contribution in [2.45, 2.75) is 43.7 Å². The highest BCUT2D eigenvalue weighted by Gasteiger charge is 2.37. The first-order chi connectivity index (χ1) is 15.1. The Morgan fingerprint density at radius 2 is 1.84 bits per heavy atom. The van der Waals surface area contributed by atoms with E-state index in [1.165, 1.54) is 33.1 Å². The molecule has 0 aliphatic carbocycles. The van der Waals surface area contributed by atoms with Crippen LogP contribution >= 0.6 is 11.8 Å². The van der Waals surface area contributed by atoms with Crippen LogP contribution in [0.2, 0.25) is 0 Å². The van der Waals surface area contributed by atoms with E-state index in [4.69, 9.17) is 0 Å². The number of benzene rings is 2. The Hall–Kier alpha value is -2.52. The molecule has 0 aromatic heterocycles. The second kappa shape index (κ2) is 8.44. The number of hydrogen-bond donors (Lipinski definition) is 1. The van der Waals surface area contributed by atoms with E-state index in [-0.39, 0.29) is 22.3 Å². The first-order valence-corrected chi connectivity index (χ1v) is 13.1. The van der Waals surface area contributed by atoms with Crippen LogP contribution in [0.1, 0.15) is 36.7 Å². The van der Waals surface area contributed by atoms with E-state index in [0.717, 1.165) is 5.56 Å². The lowest BCUT2D eigenvalue weighted by Gasteiger charge is -2.28. The molecule has 2 aliphatic heterocycles. The SMILES string of the molecule is CC(C)(C)NC(=O)C1CSCN1C(=O)c1cccc(S(=O)(=O)N2CCc3ccccc32)c1. The molecule has 2 amide bonds. The molecule has 32 heavy (non-hydrogen) atoms. The first-order valence-electron chi connectivity index (χ1n) is 10.5. The molecule has 1 unspecified atom stereocenters. The van der Waals surface area contributed by atoms with Crippen molar-refractivity contribution in [2.75, 3.05) is 22.5 Å². The number of nitrogens with zero attached hydrogens (tertiary/aromatic N) is 2. The first kappa shape index (κ1) is 22.7. The van der Waals surface area contributed by atoms with Gasteiger partial charge in [-0.25, -0.2) is 8.42 Å². The van der Waals surface area contributed by atoms with Gasteiger partial charge >= 0.3 is 0 Å². The maximum atomic E-state index is 13.4. The van der Waals surface area contributed by atoms with Gasteiger partial charge in [0.25, 0.3) is 15.9 Å². The van der Waals surface area contributed by atoms with Crippen LogP contribution < -0.4 is 9.62 Å². The molecule has 2 aliphatic rings. The largest absolute Gasteiger partial charge is 0.350 e. The van der Waals surface area contributed by atoms with Crippen molar-refractivity contribution in [1.29, 1.82) is 0 Å². The lowest BCUT2D eigenvalue weighted by atomic mass is 10.1. The number of fused-ring (bicyclic) bond motifs is 1. The van der Waals surface area contributed by atoms with E-state index in [1.807, 2.05) is 39.0 Å². The number of carbonyl (C=O) groups excluding carboxylic acids is 2. The lowest BCUT2D eigenvalue weighted by molar-refractivity contribution is -0.125. The minimum Gasteiger partial charge on any atom is -0.350 e. The van der Waals surface area contributed by atoms with Crippen molar-refractivity contribution >= 4 is 39.3 Å². The van der Waals surface area contributed by atoms with Gasteiger partial charge in [-0.1, -0.05) is 24.3 Å². The summed E-state index contributed by atoms with van der Waals surface area (Å²) in [6.07, 6.45) is 0.656. The molecule has 0 spiro atoms. The molecule has 4 rings (SSSR count). The molecule has 2 aromatic carbocycles. The number of amides is 2. The van der Waals surface area contributed by atoms with Crippen molar-refractivity contribution in [3.05, 3.63) is 59.7 Å². The Bertz CT molecular complexity index is 1160. The van der Waals surface area contributed by atoms with E-state index in [2.05, 4.69) is 5.32 Å². The van der Waals surface area contributed by atoms with E-state index in [0.29, 0.717) is 30.3 Å². The van der Waals surface area contributed by atoms with E-state index in [9.17, 15) is 18.0 Å². The highest BCUT2D eigenvalue weighted by atomic mass is 32.2. The number of carbonyl (C=O) groups is 2. The third-order valence-electron chi connectivity index (χ3n) is 5.46. The number of anilines is 1. The van der Waals surface area contributed by atoms with Gasteiger partial charge in [-0.15, -0.1) is 11.8 Å². The Balaban J connectivity index is 1.59. The molecule has 7 nitrogen and oxygen atoms in total. The third kappa shape index (κ3) is 4.36. The Morgan fingerprint density at radius 3 is 2.59 bits per heavy atom. The summed E-state index contributed by atoms with van der Waals surface area (Å²) in [5, 5.41) is 2.93. The zero-order valence-corrected chi connectivity index (χ0v) is 20.0. The van der Waals surface area contributed by atoms with Crippen LogP contribution in [-0.2, 0) is 21.2 Å². The molecule has 0 radical (unpaired) electrons. The number of rotatable bonds is 4. The fourth-order valence-electron chi connectivity index (χ4n) is 3.95. The number of hydrogen-bond acceptors (Lipinski definition) is 5. The van der Waals surface area contributed by atoms with Gasteiger partial charge in [-0.2, -0.15) is 0 Å². The van der Waals surface area contributed by atoms with Gasteiger partial charge in [0, 0.05) is 23.4 Å². The average Bonchev–Trinajstić information content (AvgIpc) is 3.39. The Labute approximate surface area is 193 Å². The standard InChI is InChI=1S/C23H27N3O4S2/c1-23(2,3)24-21(27)20-14-31-15-25(20)22(28)17-8-6-9-18(13-17)32(29,30)26-12-11-16-7-4-5-10-19(16)26/h4-10,13,20H,11-12,14-15H2,1-3H3,(H,24,27). The van der Waals surface area contributed by atoms with Gasteiger partial charge in [-0.05, 0) is 57.0 Å². The zero-order chi connectivity index (χ0) is 23.1. The molecule has 1 N–H and O–H groups in total. The van der Waals surface area contributed by atoms with Gasteiger partial charge in [0.1, 0.15) is 6.04 Å². The van der Waals surface area contributed by atoms with Crippen molar-refractivity contribution in [1.82, 2.24) is 10.2 Å². The highest BCUT2D eigenvalue weighted by molar-refractivity contribution is 7.99. The summed E-state index contributed by atoms with van der Waals surface area (Å²) in [4.78, 5) is 27.5. The summed E-state index contributed by atoms with van der Waals surface area (Å²) in [6.45, 7) is 6.05. The second-order valence-electron chi connectivity index (χ2n) is 9.01. The number of para-hydroxylation sites is 1. The van der Waals surface area contributed by atoms with Crippen molar-refractivity contribution in [3.8, 4) is 0 Å². The smallest absolute Gasteiger partial charge is 0.264 e. The molecule has 0 saturated carbocycles. The molecular weight excluding hydrogens is 446 g/mol. The highest BCUT2D eigenvalue weighted by Crippen LogP contribution is 2.33. The fourth-order valence-corrected chi connectivity index (χ4v) is 6.66. The molecular formula is C23H27N3O4S2. The van der Waals surface area contributed by atoms with Crippen LogP contribution in [0.25, 0.3) is 0 Å². The minimum absolute atomic E-state index is 0.0718. The van der Waals surface area contributed by atoms with E-state index < -0.39 is 21.6 Å². The van der Waals surface area contributed by atoms with Gasteiger partial charge in [0.05, 0.1) is 16.5 Å². The normalized spacial score (nSPS) is 18.5. The van der Waals surface area contributed by atoms with Crippen molar-refractivity contribution in [3.63, 3.8) is 0 Å². The fraction of sp³-hybridized carbons (Fsp3) is 0.391. The zero-order valence-electron chi connectivity index (χ0n) is 18.4. The monoisotopic (exact) mass is 473 g/mol. The van der Waals surface area contributed by atoms with Gasteiger partial charge < -0.3 is 10.2 Å². The summed E-state index contributed by atoms with van der Waals surface area (Å²) in [5.41, 5.74) is 1.53. The summed E-state index contributed by atoms with van der Waals surface area (Å²) < 4.78 is 28.1. The quantitative estimate of drug-likeness (QED) is 0.738. The van der Waals surface area contributed by atoms with Crippen molar-refractivity contribution in [2.24, 2.45) is 0 Å². The van der Waals surface area contributed by atoms with Crippen LogP contribution in [0, 0.1) is 0 Å². The molecule has 2 aromatic rings. The predicted molar refractivity (Wildman–Crippen MR) is 126 cm³/mol. The topological polar surface area (TPSA) is 86.8 Å². The second-order valence-corrected chi connectivity index (χ2v) is 11.9. The number of thioether (sulfide) groups is 1. The summed E-state index contributed by atoms with van der Waals surface area (Å²) in [6, 6.07) is 13.0. The summed E-state index contributed by atoms with van der Waals surface area (Å²) in [5.74, 6) is 0.351. The number of nitrogens with one attached hydrogen (secondary N) is 1. The molecule has 1 atom stereocenters. The van der Waals surface area contributed by atoms with Crippen LogP contribution in [0.3, 0.4) is 0 Å².